The van der Waals surface area contributed by atoms with E-state index in [-0.39, 0.29) is 0 Å². The molecule has 0 saturated carbocycles. The molecule has 0 aromatic carbocycles. The first-order chi connectivity index (χ1) is 6.33. The molecular formula is C11H20N2. The Bertz CT molecular complexity index is 251. The lowest BCUT2D eigenvalue weighted by Gasteiger charge is -2.05. The van der Waals surface area contributed by atoms with Crippen molar-refractivity contribution < 1.29 is 0 Å². The van der Waals surface area contributed by atoms with Gasteiger partial charge in [0.15, 0.2) is 0 Å². The largest absolute Gasteiger partial charge is 0.269 e. The second kappa shape index (κ2) is 5.05. The van der Waals surface area contributed by atoms with Crippen LogP contribution < -0.4 is 0 Å². The highest BCUT2D eigenvalue weighted by atomic mass is 15.3. The van der Waals surface area contributed by atoms with Gasteiger partial charge in [-0.15, -0.1) is 0 Å². The third-order valence-electron chi connectivity index (χ3n) is 2.47. The Kier molecular flexibility index (Phi) is 4.00. The molecule has 0 aliphatic carbocycles. The summed E-state index contributed by atoms with van der Waals surface area (Å²) in [4.78, 5) is 0. The van der Waals surface area contributed by atoms with E-state index in [1.54, 1.807) is 0 Å². The highest BCUT2D eigenvalue weighted by Crippen LogP contribution is 2.10. The van der Waals surface area contributed by atoms with Crippen LogP contribution in [-0.2, 0) is 19.4 Å². The molecule has 1 aromatic heterocycles. The zero-order valence-corrected chi connectivity index (χ0v) is 9.01. The molecule has 1 rings (SSSR count). The molecule has 74 valence electrons. The van der Waals surface area contributed by atoms with E-state index in [0.717, 1.165) is 19.4 Å². The average Bonchev–Trinajstić information content (AvgIpc) is 2.56. The van der Waals surface area contributed by atoms with Gasteiger partial charge in [-0.3, -0.25) is 4.68 Å². The van der Waals surface area contributed by atoms with Gasteiger partial charge in [0.25, 0.3) is 0 Å². The maximum Gasteiger partial charge on any atom is 0.0524 e. The molecule has 0 bridgehead atoms. The summed E-state index contributed by atoms with van der Waals surface area (Å²) in [5.74, 6) is 0. The third-order valence-corrected chi connectivity index (χ3v) is 2.47. The first kappa shape index (κ1) is 10.3. The predicted octanol–water partition coefficient (Wildman–Crippen LogP) is 2.81. The van der Waals surface area contributed by atoms with Gasteiger partial charge in [-0.05, 0) is 24.8 Å². The molecule has 1 aromatic rings. The van der Waals surface area contributed by atoms with Crippen LogP contribution in [0.3, 0.4) is 0 Å². The van der Waals surface area contributed by atoms with Crippen molar-refractivity contribution >= 4 is 0 Å². The molecule has 13 heavy (non-hydrogen) atoms. The summed E-state index contributed by atoms with van der Waals surface area (Å²) in [6.07, 6.45) is 6.71. The number of nitrogens with zero attached hydrogens (tertiary/aromatic N) is 2. The SMILES string of the molecule is CCCCn1ncc(CC)c1CC. The van der Waals surface area contributed by atoms with Gasteiger partial charge in [-0.25, -0.2) is 0 Å². The van der Waals surface area contributed by atoms with Crippen LogP contribution >= 0.6 is 0 Å². The van der Waals surface area contributed by atoms with Crippen molar-refractivity contribution in [3.05, 3.63) is 17.5 Å². The molecule has 0 radical (unpaired) electrons. The Balaban J connectivity index is 2.75. The molecule has 0 fully saturated rings. The molecule has 0 amide bonds. The van der Waals surface area contributed by atoms with Crippen LogP contribution in [0, 0.1) is 0 Å². The Morgan fingerprint density at radius 2 is 2.00 bits per heavy atom. The van der Waals surface area contributed by atoms with Crippen molar-refractivity contribution in [1.82, 2.24) is 9.78 Å². The molecule has 0 spiro atoms. The van der Waals surface area contributed by atoms with Crippen LogP contribution in [0.2, 0.25) is 0 Å². The molecule has 0 aliphatic heterocycles. The Labute approximate surface area is 81.0 Å². The van der Waals surface area contributed by atoms with E-state index in [0.29, 0.717) is 0 Å². The molecule has 0 unspecified atom stereocenters. The van der Waals surface area contributed by atoms with Crippen molar-refractivity contribution in [2.45, 2.75) is 53.0 Å². The Hall–Kier alpha value is -0.790. The van der Waals surface area contributed by atoms with Crippen molar-refractivity contribution in [1.29, 1.82) is 0 Å². The number of unbranched alkanes of at least 4 members (excludes halogenated alkanes) is 1. The maximum atomic E-state index is 4.41. The topological polar surface area (TPSA) is 17.8 Å². The fourth-order valence-electron chi connectivity index (χ4n) is 1.65. The minimum atomic E-state index is 1.08. The number of rotatable bonds is 5. The number of hydrogen-bond donors (Lipinski definition) is 0. The Morgan fingerprint density at radius 3 is 2.54 bits per heavy atom. The zero-order valence-electron chi connectivity index (χ0n) is 9.01. The van der Waals surface area contributed by atoms with E-state index >= 15 is 0 Å². The van der Waals surface area contributed by atoms with Gasteiger partial charge in [0.05, 0.1) is 6.20 Å². The highest BCUT2D eigenvalue weighted by molar-refractivity contribution is 5.17. The summed E-state index contributed by atoms with van der Waals surface area (Å²) in [5.41, 5.74) is 2.84. The summed E-state index contributed by atoms with van der Waals surface area (Å²) in [6.45, 7) is 7.70. The summed E-state index contributed by atoms with van der Waals surface area (Å²) in [6, 6.07) is 0. The predicted molar refractivity (Wildman–Crippen MR) is 55.9 cm³/mol. The standard InChI is InChI=1S/C11H20N2/c1-4-7-8-13-11(6-3)10(5-2)9-12-13/h9H,4-8H2,1-3H3. The highest BCUT2D eigenvalue weighted by Gasteiger charge is 2.05. The normalized spacial score (nSPS) is 10.7. The van der Waals surface area contributed by atoms with Gasteiger partial charge in [-0.2, -0.15) is 5.10 Å². The van der Waals surface area contributed by atoms with E-state index in [1.807, 2.05) is 6.20 Å². The molecular weight excluding hydrogens is 160 g/mol. The fourth-order valence-corrected chi connectivity index (χ4v) is 1.65. The zero-order chi connectivity index (χ0) is 9.68. The van der Waals surface area contributed by atoms with E-state index in [9.17, 15) is 0 Å². The van der Waals surface area contributed by atoms with Crippen LogP contribution in [0.5, 0.6) is 0 Å². The van der Waals surface area contributed by atoms with Gasteiger partial charge in [0, 0.05) is 12.2 Å². The number of aryl methyl sites for hydroxylation is 2. The summed E-state index contributed by atoms with van der Waals surface area (Å²) >= 11 is 0. The van der Waals surface area contributed by atoms with Gasteiger partial charge in [-0.1, -0.05) is 27.2 Å². The van der Waals surface area contributed by atoms with Gasteiger partial charge < -0.3 is 0 Å². The Morgan fingerprint density at radius 1 is 1.23 bits per heavy atom. The van der Waals surface area contributed by atoms with E-state index in [4.69, 9.17) is 0 Å². The third kappa shape index (κ3) is 2.33. The fraction of sp³-hybridized carbons (Fsp3) is 0.727. The molecule has 0 N–H and O–H groups in total. The minimum absolute atomic E-state index is 1.08. The number of hydrogen-bond acceptors (Lipinski definition) is 1. The van der Waals surface area contributed by atoms with Gasteiger partial charge >= 0.3 is 0 Å². The van der Waals surface area contributed by atoms with E-state index in [1.165, 1.54) is 24.1 Å². The van der Waals surface area contributed by atoms with Crippen LogP contribution in [0.1, 0.15) is 44.9 Å². The van der Waals surface area contributed by atoms with Crippen LogP contribution in [0.4, 0.5) is 0 Å². The average molecular weight is 180 g/mol. The number of aromatic nitrogens is 2. The van der Waals surface area contributed by atoms with Crippen LogP contribution in [-0.4, -0.2) is 9.78 Å². The van der Waals surface area contributed by atoms with Crippen molar-refractivity contribution in [3.8, 4) is 0 Å². The molecule has 2 nitrogen and oxygen atoms in total. The molecule has 0 atom stereocenters. The molecule has 1 heterocycles. The lowest BCUT2D eigenvalue weighted by molar-refractivity contribution is 0.550. The van der Waals surface area contributed by atoms with Crippen molar-refractivity contribution in [2.75, 3.05) is 0 Å². The molecule has 2 heteroatoms. The molecule has 0 saturated heterocycles. The van der Waals surface area contributed by atoms with Gasteiger partial charge in [0.2, 0.25) is 0 Å². The summed E-state index contributed by atoms with van der Waals surface area (Å²) in [5, 5.41) is 4.41. The van der Waals surface area contributed by atoms with Crippen LogP contribution in [0.15, 0.2) is 6.20 Å². The monoisotopic (exact) mass is 180 g/mol. The van der Waals surface area contributed by atoms with E-state index in [2.05, 4.69) is 30.6 Å². The van der Waals surface area contributed by atoms with Crippen LogP contribution in [0.25, 0.3) is 0 Å². The quantitative estimate of drug-likeness (QED) is 0.681. The van der Waals surface area contributed by atoms with E-state index < -0.39 is 0 Å². The van der Waals surface area contributed by atoms with Gasteiger partial charge in [0.1, 0.15) is 0 Å². The lowest BCUT2D eigenvalue weighted by Crippen LogP contribution is -2.05. The first-order valence-corrected chi connectivity index (χ1v) is 5.37. The minimum Gasteiger partial charge on any atom is -0.269 e. The first-order valence-electron chi connectivity index (χ1n) is 5.37. The smallest absolute Gasteiger partial charge is 0.0524 e. The summed E-state index contributed by atoms with van der Waals surface area (Å²) in [7, 11) is 0. The molecule has 0 aliphatic rings. The lowest BCUT2D eigenvalue weighted by atomic mass is 10.1. The second-order valence-electron chi connectivity index (χ2n) is 3.40. The summed E-state index contributed by atoms with van der Waals surface area (Å²) < 4.78 is 2.17. The van der Waals surface area contributed by atoms with Crippen molar-refractivity contribution in [3.63, 3.8) is 0 Å². The second-order valence-corrected chi connectivity index (χ2v) is 3.40. The maximum absolute atomic E-state index is 4.41. The van der Waals surface area contributed by atoms with Crippen molar-refractivity contribution in [2.24, 2.45) is 0 Å².